The second-order valence-corrected chi connectivity index (χ2v) is 14.9. The molecule has 11 nitrogen and oxygen atoms in total. The number of halogens is 1. The Labute approximate surface area is 340 Å². The van der Waals surface area contributed by atoms with Crippen LogP contribution in [0.5, 0.6) is 5.75 Å². The number of carbonyl (C=O) groups is 3. The molecular formula is C46H44ClN5O6. The Morgan fingerprint density at radius 3 is 2.38 bits per heavy atom. The maximum atomic E-state index is 13.5. The standard InChI is InChI=1S/C46H44ClN5O6/c1-27-37(39-24-34(54)15-18-40(39)52(27)46(57)28-9-11-31(47)12-10-28)25-43(55)49-19-5-6-20-50-45(56)29-7-8-30(26-53)38(21-29)44-35-16-13-32(48-2)22-41(35)58-42-23-33(51(3)4)14-17-36(42)44/h7-18,21-24,26,46,54,57H,5-6,19-20,25H2,1-4H3,(H,49,55)(H,50,56)/b48-32+. The first-order valence-corrected chi connectivity index (χ1v) is 19.4. The smallest absolute Gasteiger partial charge is 0.251 e. The molecule has 1 unspecified atom stereocenters. The van der Waals surface area contributed by atoms with E-state index in [0.29, 0.717) is 86.7 Å². The van der Waals surface area contributed by atoms with Crippen LogP contribution in [-0.2, 0) is 11.2 Å². The number of aliphatic hydroxyl groups excluding tert-OH is 1. The number of rotatable bonds is 13. The lowest BCUT2D eigenvalue weighted by atomic mass is 9.89. The van der Waals surface area contributed by atoms with Crippen molar-refractivity contribution in [3.05, 3.63) is 135 Å². The van der Waals surface area contributed by atoms with Gasteiger partial charge in [0.25, 0.3) is 5.91 Å². The molecule has 1 aromatic heterocycles. The molecule has 296 valence electrons. The van der Waals surface area contributed by atoms with E-state index in [0.717, 1.165) is 33.8 Å². The van der Waals surface area contributed by atoms with Crippen molar-refractivity contribution in [2.75, 3.05) is 39.1 Å². The largest absolute Gasteiger partial charge is 0.508 e. The van der Waals surface area contributed by atoms with E-state index in [4.69, 9.17) is 16.0 Å². The molecule has 4 N–H and O–H groups in total. The molecule has 0 radical (unpaired) electrons. The van der Waals surface area contributed by atoms with Gasteiger partial charge in [-0.2, -0.15) is 0 Å². The lowest BCUT2D eigenvalue weighted by Crippen LogP contribution is -2.28. The average Bonchev–Trinajstić information content (AvgIpc) is 3.49. The fourth-order valence-corrected chi connectivity index (χ4v) is 7.54. The van der Waals surface area contributed by atoms with E-state index in [1.54, 1.807) is 72.3 Å². The van der Waals surface area contributed by atoms with Gasteiger partial charge in [0, 0.05) is 101 Å². The summed E-state index contributed by atoms with van der Waals surface area (Å²) in [5, 5.41) is 30.3. The summed E-state index contributed by atoms with van der Waals surface area (Å²) in [4.78, 5) is 45.3. The zero-order chi connectivity index (χ0) is 41.1. The van der Waals surface area contributed by atoms with Gasteiger partial charge in [0.2, 0.25) is 5.91 Å². The number of anilines is 1. The molecule has 0 saturated carbocycles. The molecule has 0 saturated heterocycles. The van der Waals surface area contributed by atoms with Crippen LogP contribution >= 0.6 is 11.6 Å². The Morgan fingerprint density at radius 1 is 0.897 bits per heavy atom. The van der Waals surface area contributed by atoms with E-state index in [9.17, 15) is 24.6 Å². The number of hydrogen-bond acceptors (Lipinski definition) is 8. The number of phenolic OH excluding ortho intramolecular Hbond substituents is 1. The number of fused-ring (bicyclic) bond motifs is 3. The van der Waals surface area contributed by atoms with E-state index < -0.39 is 6.23 Å². The van der Waals surface area contributed by atoms with Crippen LogP contribution in [0, 0.1) is 6.92 Å². The number of aromatic nitrogens is 1. The maximum absolute atomic E-state index is 13.5. The van der Waals surface area contributed by atoms with Gasteiger partial charge in [-0.25, -0.2) is 0 Å². The van der Waals surface area contributed by atoms with E-state index in [2.05, 4.69) is 15.6 Å². The molecule has 1 atom stereocenters. The molecule has 2 aliphatic rings. The number of unbranched alkanes of at least 4 members (excludes halogenated alkanes) is 1. The lowest BCUT2D eigenvalue weighted by Gasteiger charge is -2.19. The predicted molar refractivity (Wildman–Crippen MR) is 228 cm³/mol. The number of aliphatic hydroxyl groups is 1. The third-order valence-electron chi connectivity index (χ3n) is 10.5. The Hall–Kier alpha value is -6.43. The second kappa shape index (κ2) is 17.0. The quantitative estimate of drug-likeness (QED) is 0.0532. The number of benzene rings is 5. The molecular weight excluding hydrogens is 754 g/mol. The predicted octanol–water partition coefficient (Wildman–Crippen LogP) is 7.64. The first-order chi connectivity index (χ1) is 28.0. The fourth-order valence-electron chi connectivity index (χ4n) is 7.42. The summed E-state index contributed by atoms with van der Waals surface area (Å²) < 4.78 is 8.12. The van der Waals surface area contributed by atoms with Gasteiger partial charge >= 0.3 is 0 Å². The van der Waals surface area contributed by atoms with Crippen molar-refractivity contribution < 1.29 is 29.0 Å². The van der Waals surface area contributed by atoms with Crippen LogP contribution in [0.3, 0.4) is 0 Å². The number of amides is 2. The highest BCUT2D eigenvalue weighted by atomic mass is 35.5. The summed E-state index contributed by atoms with van der Waals surface area (Å²) in [5.41, 5.74) is 7.34. The minimum atomic E-state index is -1.03. The average molecular weight is 798 g/mol. The van der Waals surface area contributed by atoms with Gasteiger partial charge in [0.1, 0.15) is 17.1 Å². The molecule has 2 heterocycles. The molecule has 12 heteroatoms. The van der Waals surface area contributed by atoms with Crippen molar-refractivity contribution >= 4 is 57.3 Å². The first kappa shape index (κ1) is 39.8. The van der Waals surface area contributed by atoms with E-state index in [1.165, 1.54) is 0 Å². The number of nitrogens with zero attached hydrogens (tertiary/aromatic N) is 3. The van der Waals surface area contributed by atoms with Crippen molar-refractivity contribution in [3.63, 3.8) is 0 Å². The van der Waals surface area contributed by atoms with E-state index >= 15 is 0 Å². The van der Waals surface area contributed by atoms with Gasteiger partial charge < -0.3 is 34.7 Å². The first-order valence-electron chi connectivity index (χ1n) is 19.0. The maximum Gasteiger partial charge on any atom is 0.251 e. The molecule has 1 aliphatic carbocycles. The second-order valence-electron chi connectivity index (χ2n) is 14.4. The van der Waals surface area contributed by atoms with Crippen LogP contribution in [-0.4, -0.2) is 67.1 Å². The molecule has 0 fully saturated rings. The molecule has 5 aromatic rings. The SMILES string of the molecule is C/N=c1\ccc2c(-c3cc(C(=O)NCCCCNC(=O)Cc4c(C)n(C(O)c5ccc(Cl)cc5)c5ccc(O)cc45)ccc3C=O)c3ccc(N(C)C)cc3oc-2c1. The van der Waals surface area contributed by atoms with E-state index in [1.807, 2.05) is 62.3 Å². The highest BCUT2D eigenvalue weighted by Crippen LogP contribution is 2.42. The van der Waals surface area contributed by atoms with Gasteiger partial charge in [-0.1, -0.05) is 29.8 Å². The highest BCUT2D eigenvalue weighted by molar-refractivity contribution is 6.30. The molecule has 1 aliphatic heterocycles. The zero-order valence-corrected chi connectivity index (χ0v) is 33.4. The molecule has 4 aromatic carbocycles. The van der Waals surface area contributed by atoms with E-state index in [-0.39, 0.29) is 24.0 Å². The Kier molecular flexibility index (Phi) is 11.6. The van der Waals surface area contributed by atoms with Crippen molar-refractivity contribution in [3.8, 4) is 28.2 Å². The summed E-state index contributed by atoms with van der Waals surface area (Å²) in [6, 6.07) is 28.4. The lowest BCUT2D eigenvalue weighted by molar-refractivity contribution is -0.120. The molecule has 58 heavy (non-hydrogen) atoms. The van der Waals surface area contributed by atoms with Crippen molar-refractivity contribution in [1.29, 1.82) is 0 Å². The molecule has 0 spiro atoms. The topological polar surface area (TPSA) is 149 Å². The van der Waals surface area contributed by atoms with Crippen LogP contribution in [0.1, 0.15) is 56.6 Å². The minimum Gasteiger partial charge on any atom is -0.508 e. The zero-order valence-electron chi connectivity index (χ0n) is 32.7. The van der Waals surface area contributed by atoms with Crippen molar-refractivity contribution in [2.24, 2.45) is 4.99 Å². The Balaban J connectivity index is 1.01. The van der Waals surface area contributed by atoms with Gasteiger partial charge in [-0.15, -0.1) is 0 Å². The third-order valence-corrected chi connectivity index (χ3v) is 10.8. The molecule has 7 rings (SSSR count). The summed E-state index contributed by atoms with van der Waals surface area (Å²) in [5.74, 6) is 0.179. The Morgan fingerprint density at radius 2 is 1.66 bits per heavy atom. The number of phenols is 1. The van der Waals surface area contributed by atoms with Crippen molar-refractivity contribution in [2.45, 2.75) is 32.4 Å². The summed E-state index contributed by atoms with van der Waals surface area (Å²) in [7, 11) is 5.62. The normalized spacial score (nSPS) is 12.3. The fraction of sp³-hybridized carbons (Fsp3) is 0.217. The van der Waals surface area contributed by atoms with Gasteiger partial charge in [0.15, 0.2) is 12.5 Å². The third kappa shape index (κ3) is 8.04. The van der Waals surface area contributed by atoms with Crippen LogP contribution in [0.25, 0.3) is 44.3 Å². The summed E-state index contributed by atoms with van der Waals surface area (Å²) >= 11 is 6.06. The van der Waals surface area contributed by atoms with Crippen LogP contribution in [0.15, 0.2) is 106 Å². The van der Waals surface area contributed by atoms with Gasteiger partial charge in [0.05, 0.1) is 17.3 Å². The van der Waals surface area contributed by atoms with Crippen LogP contribution < -0.4 is 20.9 Å². The van der Waals surface area contributed by atoms with Gasteiger partial charge in [-0.05, 0) is 97.6 Å². The Bertz CT molecular complexity index is 2720. The number of nitrogens with one attached hydrogen (secondary N) is 2. The number of carbonyl (C=O) groups excluding carboxylic acids is 3. The number of hydrogen-bond donors (Lipinski definition) is 4. The molecule has 2 amide bonds. The van der Waals surface area contributed by atoms with Crippen molar-refractivity contribution in [1.82, 2.24) is 15.2 Å². The molecule has 0 bridgehead atoms. The van der Waals surface area contributed by atoms with Crippen LogP contribution in [0.2, 0.25) is 5.02 Å². The summed E-state index contributed by atoms with van der Waals surface area (Å²) in [6.45, 7) is 2.61. The monoisotopic (exact) mass is 797 g/mol. The number of aldehydes is 1. The number of aromatic hydroxyl groups is 1. The highest BCUT2D eigenvalue weighted by Gasteiger charge is 2.23. The van der Waals surface area contributed by atoms with Crippen LogP contribution in [0.4, 0.5) is 5.69 Å². The summed E-state index contributed by atoms with van der Waals surface area (Å²) in [6.07, 6.45) is 1.05. The minimum absolute atomic E-state index is 0.0496. The van der Waals surface area contributed by atoms with Gasteiger partial charge in [-0.3, -0.25) is 19.4 Å².